The molecule has 4 rings (SSSR count). The first-order valence-electron chi connectivity index (χ1n) is 7.46. The van der Waals surface area contributed by atoms with Crippen molar-refractivity contribution in [3.8, 4) is 10.4 Å². The van der Waals surface area contributed by atoms with Crippen molar-refractivity contribution < 1.29 is 0 Å². The molecule has 1 aromatic carbocycles. The number of pyridine rings is 1. The number of thiophene rings is 1. The third kappa shape index (κ3) is 3.04. The average Bonchev–Trinajstić information content (AvgIpc) is 3.09. The van der Waals surface area contributed by atoms with Crippen molar-refractivity contribution in [2.45, 2.75) is 6.54 Å². The highest BCUT2D eigenvalue weighted by atomic mass is 32.1. The molecule has 0 unspecified atom stereocenters. The fourth-order valence-electron chi connectivity index (χ4n) is 2.33. The van der Waals surface area contributed by atoms with Crippen LogP contribution in [0.2, 0.25) is 0 Å². The summed E-state index contributed by atoms with van der Waals surface area (Å²) < 4.78 is 0.954. The average molecular weight is 331 g/mol. The normalized spacial score (nSPS) is 11.3. The van der Waals surface area contributed by atoms with Crippen molar-refractivity contribution in [1.82, 2.24) is 15.0 Å². The maximum Gasteiger partial charge on any atom is 0.195 e. The molecule has 0 radical (unpaired) electrons. The topological polar surface area (TPSA) is 63.4 Å². The first-order chi connectivity index (χ1) is 11.9. The Kier molecular flexibility index (Phi) is 4.04. The summed E-state index contributed by atoms with van der Waals surface area (Å²) in [6.45, 7) is 0.505. The molecule has 0 saturated heterocycles. The highest BCUT2D eigenvalue weighted by Gasteiger charge is 2.09. The summed E-state index contributed by atoms with van der Waals surface area (Å²) in [4.78, 5) is 13.8. The van der Waals surface area contributed by atoms with Crippen molar-refractivity contribution in [2.24, 2.45) is 10.2 Å². The van der Waals surface area contributed by atoms with Crippen LogP contribution in [0.4, 0.5) is 5.82 Å². The molecular formula is C18H13N5S. The van der Waals surface area contributed by atoms with E-state index in [2.05, 4.69) is 43.4 Å². The van der Waals surface area contributed by atoms with E-state index >= 15 is 0 Å². The molecule has 0 aliphatic carbocycles. The van der Waals surface area contributed by atoms with Crippen LogP contribution in [0.5, 0.6) is 0 Å². The highest BCUT2D eigenvalue weighted by Crippen LogP contribution is 2.36. The minimum Gasteiger partial charge on any atom is -0.265 e. The number of hydrogen-bond donors (Lipinski definition) is 0. The monoisotopic (exact) mass is 331 g/mol. The Labute approximate surface area is 142 Å². The number of rotatable bonds is 4. The van der Waals surface area contributed by atoms with Crippen LogP contribution in [-0.4, -0.2) is 15.0 Å². The van der Waals surface area contributed by atoms with Gasteiger partial charge in [-0.15, -0.1) is 16.5 Å². The van der Waals surface area contributed by atoms with Crippen LogP contribution >= 0.6 is 11.3 Å². The Hall–Kier alpha value is -2.99. The maximum atomic E-state index is 4.34. The van der Waals surface area contributed by atoms with E-state index in [1.165, 1.54) is 11.9 Å². The second-order valence-corrected chi connectivity index (χ2v) is 6.20. The van der Waals surface area contributed by atoms with Crippen molar-refractivity contribution in [3.05, 3.63) is 72.8 Å². The zero-order valence-electron chi connectivity index (χ0n) is 12.7. The van der Waals surface area contributed by atoms with Crippen molar-refractivity contribution >= 4 is 27.4 Å². The van der Waals surface area contributed by atoms with Gasteiger partial charge < -0.3 is 0 Å². The van der Waals surface area contributed by atoms with Gasteiger partial charge in [0.05, 0.1) is 16.8 Å². The lowest BCUT2D eigenvalue weighted by Crippen LogP contribution is -1.81. The second kappa shape index (κ2) is 6.64. The molecule has 0 fully saturated rings. The van der Waals surface area contributed by atoms with Gasteiger partial charge in [0.15, 0.2) is 5.82 Å². The molecule has 0 N–H and O–H groups in total. The number of hydrogen-bond acceptors (Lipinski definition) is 6. The first-order valence-corrected chi connectivity index (χ1v) is 8.28. The maximum absolute atomic E-state index is 4.34. The number of azo groups is 1. The molecule has 5 nitrogen and oxygen atoms in total. The van der Waals surface area contributed by atoms with Gasteiger partial charge in [-0.3, -0.25) is 4.98 Å². The Morgan fingerprint density at radius 1 is 0.958 bits per heavy atom. The third-order valence-electron chi connectivity index (χ3n) is 3.52. The Morgan fingerprint density at radius 3 is 2.62 bits per heavy atom. The lowest BCUT2D eigenvalue weighted by atomic mass is 10.2. The largest absolute Gasteiger partial charge is 0.265 e. The highest BCUT2D eigenvalue weighted by molar-refractivity contribution is 7.22. The van der Waals surface area contributed by atoms with E-state index in [4.69, 9.17) is 0 Å². The summed E-state index contributed by atoms with van der Waals surface area (Å²) in [5.41, 5.74) is 3.13. The van der Waals surface area contributed by atoms with Gasteiger partial charge in [-0.05, 0) is 29.3 Å². The van der Waals surface area contributed by atoms with Crippen molar-refractivity contribution in [3.63, 3.8) is 0 Å². The molecule has 24 heavy (non-hydrogen) atoms. The quantitative estimate of drug-likeness (QED) is 0.492. The lowest BCUT2D eigenvalue weighted by molar-refractivity contribution is 0.944. The SMILES string of the molecule is c1ccc(-c2cc3ncnc(N=NCc4ccncc4)c3s2)cc1. The number of nitrogens with zero attached hydrogens (tertiary/aromatic N) is 5. The van der Waals surface area contributed by atoms with Gasteiger partial charge in [0.2, 0.25) is 0 Å². The van der Waals surface area contributed by atoms with Gasteiger partial charge in [-0.1, -0.05) is 30.3 Å². The van der Waals surface area contributed by atoms with Gasteiger partial charge in [0, 0.05) is 17.3 Å². The molecule has 116 valence electrons. The van der Waals surface area contributed by atoms with Crippen LogP contribution in [0, 0.1) is 0 Å². The van der Waals surface area contributed by atoms with E-state index < -0.39 is 0 Å². The summed E-state index contributed by atoms with van der Waals surface area (Å²) in [7, 11) is 0. The van der Waals surface area contributed by atoms with Crippen LogP contribution in [0.15, 0.2) is 77.5 Å². The summed E-state index contributed by atoms with van der Waals surface area (Å²) >= 11 is 1.63. The minimum atomic E-state index is 0.505. The number of benzene rings is 1. The van der Waals surface area contributed by atoms with Gasteiger partial charge >= 0.3 is 0 Å². The predicted octanol–water partition coefficient (Wildman–Crippen LogP) is 5.04. The zero-order chi connectivity index (χ0) is 16.2. The van der Waals surface area contributed by atoms with Crippen LogP contribution in [0.1, 0.15) is 5.56 Å². The second-order valence-electron chi connectivity index (χ2n) is 5.14. The Bertz CT molecular complexity index is 980. The van der Waals surface area contributed by atoms with Crippen LogP contribution < -0.4 is 0 Å². The summed E-state index contributed by atoms with van der Waals surface area (Å²) in [5, 5.41) is 8.56. The molecule has 4 aromatic rings. The van der Waals surface area contributed by atoms with E-state index in [9.17, 15) is 0 Å². The van der Waals surface area contributed by atoms with E-state index in [-0.39, 0.29) is 0 Å². The van der Waals surface area contributed by atoms with Crippen molar-refractivity contribution in [1.29, 1.82) is 0 Å². The third-order valence-corrected chi connectivity index (χ3v) is 4.69. The minimum absolute atomic E-state index is 0.505. The van der Waals surface area contributed by atoms with E-state index in [0.717, 1.165) is 20.7 Å². The fourth-order valence-corrected chi connectivity index (χ4v) is 3.38. The molecule has 0 bridgehead atoms. The van der Waals surface area contributed by atoms with E-state index in [1.54, 1.807) is 23.7 Å². The molecule has 0 saturated carbocycles. The molecule has 0 atom stereocenters. The molecule has 3 heterocycles. The molecule has 0 amide bonds. The summed E-state index contributed by atoms with van der Waals surface area (Å²) in [5.74, 6) is 0.612. The first kappa shape index (κ1) is 14.6. The smallest absolute Gasteiger partial charge is 0.195 e. The molecular weight excluding hydrogens is 318 g/mol. The fraction of sp³-hybridized carbons (Fsp3) is 0.0556. The van der Waals surface area contributed by atoms with Crippen LogP contribution in [-0.2, 0) is 6.54 Å². The molecule has 0 aliphatic rings. The number of fused-ring (bicyclic) bond motifs is 1. The molecule has 0 spiro atoms. The molecule has 6 heteroatoms. The van der Waals surface area contributed by atoms with Gasteiger partial charge in [-0.2, -0.15) is 5.11 Å². The molecule has 3 aromatic heterocycles. The zero-order valence-corrected chi connectivity index (χ0v) is 13.5. The standard InChI is InChI=1S/C18H13N5S/c1-2-4-14(5-3-1)16-10-15-17(24-16)18(21-12-20-15)23-22-11-13-6-8-19-9-7-13/h1-10,12H,11H2. The van der Waals surface area contributed by atoms with Gasteiger partial charge in [0.25, 0.3) is 0 Å². The Balaban J connectivity index is 1.65. The van der Waals surface area contributed by atoms with Crippen LogP contribution in [0.25, 0.3) is 20.7 Å². The van der Waals surface area contributed by atoms with Crippen LogP contribution in [0.3, 0.4) is 0 Å². The number of aromatic nitrogens is 3. The predicted molar refractivity (Wildman–Crippen MR) is 95.3 cm³/mol. The van der Waals surface area contributed by atoms with Crippen molar-refractivity contribution in [2.75, 3.05) is 0 Å². The Morgan fingerprint density at radius 2 is 1.79 bits per heavy atom. The summed E-state index contributed by atoms with van der Waals surface area (Å²) in [6.07, 6.45) is 5.03. The lowest BCUT2D eigenvalue weighted by Gasteiger charge is -1.95. The van der Waals surface area contributed by atoms with E-state index in [1.807, 2.05) is 30.3 Å². The summed E-state index contributed by atoms with van der Waals surface area (Å²) in [6, 6.07) is 16.2. The van der Waals surface area contributed by atoms with E-state index in [0.29, 0.717) is 12.4 Å². The van der Waals surface area contributed by atoms with Gasteiger partial charge in [-0.25, -0.2) is 9.97 Å². The van der Waals surface area contributed by atoms with Gasteiger partial charge in [0.1, 0.15) is 6.33 Å². The molecule has 0 aliphatic heterocycles.